The van der Waals surface area contributed by atoms with E-state index in [0.29, 0.717) is 36.6 Å². The number of anilines is 1. The Morgan fingerprint density at radius 2 is 2.04 bits per heavy atom. The van der Waals surface area contributed by atoms with Gasteiger partial charge in [0.15, 0.2) is 5.82 Å². The Kier molecular flexibility index (Phi) is 3.19. The molecule has 5 heterocycles. The lowest BCUT2D eigenvalue weighted by molar-refractivity contribution is 0.00768. The smallest absolute Gasteiger partial charge is 0.296 e. The first-order valence-corrected chi connectivity index (χ1v) is 9.43. The lowest BCUT2D eigenvalue weighted by atomic mass is 10.0. The van der Waals surface area contributed by atoms with Gasteiger partial charge in [-0.2, -0.15) is 4.98 Å². The number of hydrogen-bond donors (Lipinski definition) is 0. The highest BCUT2D eigenvalue weighted by Gasteiger charge is 2.39. The third-order valence-electron chi connectivity index (χ3n) is 5.45. The second kappa shape index (κ2) is 5.55. The van der Waals surface area contributed by atoms with Crippen LogP contribution in [0.15, 0.2) is 35.0 Å². The number of fused-ring (bicyclic) bond motifs is 6. The lowest BCUT2D eigenvalue weighted by Gasteiger charge is -2.29. The van der Waals surface area contributed by atoms with Crippen LogP contribution in [0.1, 0.15) is 25.6 Å². The molecule has 1 aromatic carbocycles. The van der Waals surface area contributed by atoms with Crippen molar-refractivity contribution in [2.75, 3.05) is 18.2 Å². The van der Waals surface area contributed by atoms with Crippen molar-refractivity contribution in [3.05, 3.63) is 36.3 Å². The zero-order valence-electron chi connectivity index (χ0n) is 15.0. The minimum Gasteiger partial charge on any atom is -0.367 e. The predicted molar refractivity (Wildman–Crippen MR) is 101 cm³/mol. The van der Waals surface area contributed by atoms with Crippen molar-refractivity contribution >= 4 is 23.3 Å². The normalized spacial score (nSPS) is 22.9. The number of halogens is 1. The fourth-order valence-electron chi connectivity index (χ4n) is 4.02. The number of benzene rings is 1. The molecule has 0 saturated carbocycles. The van der Waals surface area contributed by atoms with E-state index in [9.17, 15) is 0 Å². The van der Waals surface area contributed by atoms with E-state index >= 15 is 0 Å². The quantitative estimate of drug-likeness (QED) is 0.610. The molecule has 1 unspecified atom stereocenters. The summed E-state index contributed by atoms with van der Waals surface area (Å²) in [4.78, 5) is 6.68. The van der Waals surface area contributed by atoms with Gasteiger partial charge >= 0.3 is 0 Å². The van der Waals surface area contributed by atoms with Crippen molar-refractivity contribution in [3.63, 3.8) is 0 Å². The number of aromatic nitrogens is 5. The van der Waals surface area contributed by atoms with Crippen molar-refractivity contribution in [1.29, 1.82) is 0 Å². The summed E-state index contributed by atoms with van der Waals surface area (Å²) >= 11 is 6.29. The molecule has 9 nitrogen and oxygen atoms in total. The summed E-state index contributed by atoms with van der Waals surface area (Å²) in [6, 6.07) is 8.02. The SMILES string of the molecule is CC1(c2noc(-c3nnc4n3C3=CN(Cl)CN3c3ccccc3-4)n2)CCCO1. The third-order valence-corrected chi connectivity index (χ3v) is 5.65. The maximum absolute atomic E-state index is 6.29. The second-order valence-corrected chi connectivity index (χ2v) is 7.70. The molecule has 6 rings (SSSR count). The van der Waals surface area contributed by atoms with Crippen LogP contribution >= 0.6 is 11.8 Å². The van der Waals surface area contributed by atoms with Gasteiger partial charge in [0.25, 0.3) is 5.89 Å². The van der Waals surface area contributed by atoms with E-state index in [1.807, 2.05) is 42.0 Å². The molecule has 28 heavy (non-hydrogen) atoms. The van der Waals surface area contributed by atoms with Gasteiger partial charge < -0.3 is 14.2 Å². The predicted octanol–water partition coefficient (Wildman–Crippen LogP) is 3.02. The molecule has 3 aromatic rings. The van der Waals surface area contributed by atoms with Crippen molar-refractivity contribution < 1.29 is 9.26 Å². The fourth-order valence-corrected chi connectivity index (χ4v) is 4.21. The van der Waals surface area contributed by atoms with Gasteiger partial charge in [0.1, 0.15) is 18.1 Å². The Morgan fingerprint density at radius 3 is 2.89 bits per heavy atom. The largest absolute Gasteiger partial charge is 0.367 e. The molecule has 1 fully saturated rings. The molecule has 10 heteroatoms. The van der Waals surface area contributed by atoms with E-state index in [0.717, 1.165) is 29.9 Å². The Bertz CT molecular complexity index is 1110. The van der Waals surface area contributed by atoms with Crippen LogP contribution in [-0.2, 0) is 10.3 Å². The summed E-state index contributed by atoms with van der Waals surface area (Å²) in [5.41, 5.74) is 1.47. The Morgan fingerprint density at radius 1 is 1.18 bits per heavy atom. The van der Waals surface area contributed by atoms with E-state index in [-0.39, 0.29) is 0 Å². The topological polar surface area (TPSA) is 85.3 Å². The van der Waals surface area contributed by atoms with Gasteiger partial charge in [0, 0.05) is 23.9 Å². The molecule has 3 aliphatic heterocycles. The van der Waals surface area contributed by atoms with Crippen LogP contribution in [0.2, 0.25) is 0 Å². The van der Waals surface area contributed by atoms with Crippen LogP contribution in [0.3, 0.4) is 0 Å². The Labute approximate surface area is 165 Å². The minimum atomic E-state index is -0.523. The van der Waals surface area contributed by atoms with Gasteiger partial charge in [-0.25, -0.2) is 0 Å². The van der Waals surface area contributed by atoms with Crippen LogP contribution in [0, 0.1) is 0 Å². The van der Waals surface area contributed by atoms with Gasteiger partial charge in [-0.1, -0.05) is 17.3 Å². The second-order valence-electron chi connectivity index (χ2n) is 7.26. The summed E-state index contributed by atoms with van der Waals surface area (Å²) in [7, 11) is 0. The average molecular weight is 398 g/mol. The van der Waals surface area contributed by atoms with E-state index < -0.39 is 5.60 Å². The summed E-state index contributed by atoms with van der Waals surface area (Å²) in [5, 5.41) is 12.9. The molecule has 1 saturated heterocycles. The standard InChI is InChI=1S/C18H16ClN7O2/c1-18(7-4-8-27-18)17-20-16(28-23-17)15-22-21-14-11-5-2-3-6-12(11)25-10-24(19)9-13(25)26(14)15/h2-3,5-6,9H,4,7-8,10H2,1H3. The van der Waals surface area contributed by atoms with Crippen LogP contribution in [0.25, 0.3) is 28.9 Å². The first-order valence-electron chi connectivity index (χ1n) is 9.09. The van der Waals surface area contributed by atoms with Crippen LogP contribution < -0.4 is 4.90 Å². The maximum Gasteiger partial charge on any atom is 0.296 e. The molecule has 0 bridgehead atoms. The van der Waals surface area contributed by atoms with Crippen LogP contribution in [0.5, 0.6) is 0 Å². The average Bonchev–Trinajstić information content (AvgIpc) is 3.46. The highest BCUT2D eigenvalue weighted by molar-refractivity contribution is 6.15. The van der Waals surface area contributed by atoms with Gasteiger partial charge in [0.05, 0.1) is 11.9 Å². The van der Waals surface area contributed by atoms with E-state index in [4.69, 9.17) is 21.0 Å². The van der Waals surface area contributed by atoms with Crippen molar-refractivity contribution in [2.24, 2.45) is 0 Å². The number of para-hydroxylation sites is 1. The first-order chi connectivity index (χ1) is 13.6. The summed E-state index contributed by atoms with van der Waals surface area (Å²) < 4.78 is 14.9. The molecule has 0 amide bonds. The molecule has 0 aliphatic carbocycles. The Balaban J connectivity index is 1.51. The number of rotatable bonds is 2. The number of ether oxygens (including phenoxy) is 1. The van der Waals surface area contributed by atoms with Gasteiger partial charge in [-0.3, -0.25) is 8.99 Å². The highest BCUT2D eigenvalue weighted by atomic mass is 35.5. The molecule has 1 atom stereocenters. The third kappa shape index (κ3) is 2.11. The summed E-state index contributed by atoms with van der Waals surface area (Å²) in [6.45, 7) is 3.20. The zero-order chi connectivity index (χ0) is 18.9. The number of nitrogens with zero attached hydrogens (tertiary/aromatic N) is 7. The molecule has 0 radical (unpaired) electrons. The molecule has 142 valence electrons. The molecule has 0 N–H and O–H groups in total. The molecule has 2 aromatic heterocycles. The van der Waals surface area contributed by atoms with Crippen LogP contribution in [0.4, 0.5) is 5.69 Å². The first kappa shape index (κ1) is 16.1. The summed E-state index contributed by atoms with van der Waals surface area (Å²) in [5.74, 6) is 2.87. The monoisotopic (exact) mass is 397 g/mol. The number of hydrogen-bond acceptors (Lipinski definition) is 8. The van der Waals surface area contributed by atoms with E-state index in [2.05, 4.69) is 25.2 Å². The fraction of sp³-hybridized carbons (Fsp3) is 0.333. The van der Waals surface area contributed by atoms with Crippen molar-refractivity contribution in [3.8, 4) is 23.1 Å². The van der Waals surface area contributed by atoms with Gasteiger partial charge in [-0.05, 0) is 31.9 Å². The van der Waals surface area contributed by atoms with E-state index in [1.54, 1.807) is 4.42 Å². The van der Waals surface area contributed by atoms with Crippen molar-refractivity contribution in [2.45, 2.75) is 25.4 Å². The Hall–Kier alpha value is -2.91. The van der Waals surface area contributed by atoms with Crippen molar-refractivity contribution in [1.82, 2.24) is 29.3 Å². The van der Waals surface area contributed by atoms with Gasteiger partial charge in [-0.15, -0.1) is 10.2 Å². The molecular formula is C18H16ClN7O2. The zero-order valence-corrected chi connectivity index (χ0v) is 15.8. The molecule has 0 spiro atoms. The molecule has 3 aliphatic rings. The molecular weight excluding hydrogens is 382 g/mol. The van der Waals surface area contributed by atoms with E-state index in [1.165, 1.54) is 0 Å². The van der Waals surface area contributed by atoms with Crippen LogP contribution in [-0.4, -0.2) is 42.6 Å². The lowest BCUT2D eigenvalue weighted by Crippen LogP contribution is -2.28. The highest BCUT2D eigenvalue weighted by Crippen LogP contribution is 2.44. The maximum atomic E-state index is 6.29. The minimum absolute atomic E-state index is 0.304. The van der Waals surface area contributed by atoms with Gasteiger partial charge in [0.2, 0.25) is 11.6 Å². The summed E-state index contributed by atoms with van der Waals surface area (Å²) in [6.07, 6.45) is 3.68.